The molecule has 1 aliphatic heterocycles. The van der Waals surface area contributed by atoms with Crippen molar-refractivity contribution >= 4 is 11.7 Å². The monoisotopic (exact) mass is 387 g/mol. The van der Waals surface area contributed by atoms with Crippen LogP contribution >= 0.6 is 0 Å². The highest BCUT2D eigenvalue weighted by Gasteiger charge is 2.36. The van der Waals surface area contributed by atoms with Gasteiger partial charge in [-0.05, 0) is 36.2 Å². The van der Waals surface area contributed by atoms with Crippen molar-refractivity contribution in [2.45, 2.75) is 32.3 Å². The Hall–Kier alpha value is -2.93. The summed E-state index contributed by atoms with van der Waals surface area (Å²) in [6.45, 7) is 1.90. The summed E-state index contributed by atoms with van der Waals surface area (Å²) < 4.78 is 18.5. The number of halogens is 1. The largest absolute Gasteiger partial charge is 0.503 e. The van der Waals surface area contributed by atoms with Crippen LogP contribution in [-0.2, 0) is 11.2 Å². The number of rotatable bonds is 8. The lowest BCUT2D eigenvalue weighted by Crippen LogP contribution is -2.35. The third kappa shape index (κ3) is 4.31. The number of hydrogen-bond donors (Lipinski definition) is 2. The molecule has 1 aromatic heterocycles. The zero-order valence-electron chi connectivity index (χ0n) is 15.5. The van der Waals surface area contributed by atoms with Crippen molar-refractivity contribution in [3.63, 3.8) is 0 Å². The number of hydrogen-bond acceptors (Lipinski definition) is 5. The molecular weight excluding hydrogens is 365 g/mol. The van der Waals surface area contributed by atoms with Crippen LogP contribution in [0.4, 0.5) is 4.39 Å². The van der Waals surface area contributed by atoms with E-state index in [1.54, 1.807) is 18.2 Å². The van der Waals surface area contributed by atoms with E-state index in [1.165, 1.54) is 23.1 Å². The Morgan fingerprint density at radius 3 is 2.64 bits per heavy atom. The van der Waals surface area contributed by atoms with E-state index in [0.29, 0.717) is 18.6 Å². The topological polar surface area (TPSA) is 91.0 Å². The number of benzene rings is 1. The number of aliphatic hydroxyl groups is 2. The van der Waals surface area contributed by atoms with E-state index >= 15 is 0 Å². The van der Waals surface area contributed by atoms with Gasteiger partial charge in [0, 0.05) is 13.0 Å². The molecule has 0 fully saturated rings. The summed E-state index contributed by atoms with van der Waals surface area (Å²) in [5.74, 6) is -1.65. The van der Waals surface area contributed by atoms with Crippen molar-refractivity contribution in [3.8, 4) is 0 Å². The molecule has 0 aliphatic carbocycles. The number of Topliss-reactive ketones (excluding diaryl/α,β-unsaturated/α-hetero) is 1. The average Bonchev–Trinajstić information content (AvgIpc) is 3.24. The molecule has 1 amide bonds. The van der Waals surface area contributed by atoms with Gasteiger partial charge >= 0.3 is 0 Å². The maximum absolute atomic E-state index is 13.0. The molecule has 7 heteroatoms. The number of amides is 1. The SMILES string of the molecule is CCCC(O)CN1CC(C(=O)c2ccc(Cc3ccc(F)cc3)o2)=C(O)C1=O. The highest BCUT2D eigenvalue weighted by Crippen LogP contribution is 2.23. The highest BCUT2D eigenvalue weighted by molar-refractivity contribution is 6.14. The molecule has 2 heterocycles. The van der Waals surface area contributed by atoms with Crippen LogP contribution in [0.3, 0.4) is 0 Å². The second kappa shape index (κ2) is 8.39. The fourth-order valence-corrected chi connectivity index (χ4v) is 3.17. The minimum atomic E-state index is -0.706. The smallest absolute Gasteiger partial charge is 0.289 e. The van der Waals surface area contributed by atoms with Crippen LogP contribution in [0.2, 0.25) is 0 Å². The summed E-state index contributed by atoms with van der Waals surface area (Å²) in [4.78, 5) is 26.1. The first-order valence-corrected chi connectivity index (χ1v) is 9.16. The second-order valence-corrected chi connectivity index (χ2v) is 6.85. The van der Waals surface area contributed by atoms with Crippen LogP contribution in [0.5, 0.6) is 0 Å². The van der Waals surface area contributed by atoms with Crippen molar-refractivity contribution in [1.82, 2.24) is 4.90 Å². The summed E-state index contributed by atoms with van der Waals surface area (Å²) in [5, 5.41) is 20.0. The fraction of sp³-hybridized carbons (Fsp3) is 0.333. The van der Waals surface area contributed by atoms with E-state index in [-0.39, 0.29) is 30.2 Å². The lowest BCUT2D eigenvalue weighted by Gasteiger charge is -2.19. The van der Waals surface area contributed by atoms with E-state index in [0.717, 1.165) is 12.0 Å². The predicted octanol–water partition coefficient (Wildman–Crippen LogP) is 3.01. The van der Waals surface area contributed by atoms with Crippen LogP contribution in [0.1, 0.15) is 41.6 Å². The highest BCUT2D eigenvalue weighted by atomic mass is 19.1. The van der Waals surface area contributed by atoms with Gasteiger partial charge in [0.05, 0.1) is 18.2 Å². The number of carbonyl (C=O) groups is 2. The molecule has 28 heavy (non-hydrogen) atoms. The zero-order chi connectivity index (χ0) is 20.3. The number of β-amino-alcohol motifs (C(OH)–C–C–N with tert-alkyl or cyclic N) is 1. The first-order chi connectivity index (χ1) is 13.4. The van der Waals surface area contributed by atoms with Gasteiger partial charge < -0.3 is 19.5 Å². The van der Waals surface area contributed by atoms with Gasteiger partial charge in [0.1, 0.15) is 11.6 Å². The van der Waals surface area contributed by atoms with E-state index in [1.807, 2.05) is 6.92 Å². The van der Waals surface area contributed by atoms with Crippen molar-refractivity contribution < 1.29 is 28.6 Å². The maximum atomic E-state index is 13.0. The summed E-state index contributed by atoms with van der Waals surface area (Å²) in [5.41, 5.74) is 0.778. The summed E-state index contributed by atoms with van der Waals surface area (Å²) >= 11 is 0. The Morgan fingerprint density at radius 1 is 1.25 bits per heavy atom. The Bertz CT molecular complexity index is 900. The molecule has 0 spiro atoms. The molecule has 0 saturated carbocycles. The molecule has 148 valence electrons. The predicted molar refractivity (Wildman–Crippen MR) is 99.4 cm³/mol. The first-order valence-electron chi connectivity index (χ1n) is 9.16. The van der Waals surface area contributed by atoms with Crippen LogP contribution < -0.4 is 0 Å². The quantitative estimate of drug-likeness (QED) is 0.680. The van der Waals surface area contributed by atoms with Gasteiger partial charge in [-0.2, -0.15) is 0 Å². The minimum Gasteiger partial charge on any atom is -0.503 e. The Labute approximate surface area is 161 Å². The number of nitrogens with zero attached hydrogens (tertiary/aromatic N) is 1. The van der Waals surface area contributed by atoms with Gasteiger partial charge in [0.25, 0.3) is 5.91 Å². The average molecular weight is 387 g/mol. The van der Waals surface area contributed by atoms with E-state index < -0.39 is 23.6 Å². The Balaban J connectivity index is 1.69. The normalized spacial score (nSPS) is 15.4. The van der Waals surface area contributed by atoms with Crippen molar-refractivity contribution in [2.24, 2.45) is 0 Å². The Kier molecular flexibility index (Phi) is 5.94. The van der Waals surface area contributed by atoms with Gasteiger partial charge in [-0.15, -0.1) is 0 Å². The van der Waals surface area contributed by atoms with Crippen molar-refractivity contribution in [2.75, 3.05) is 13.1 Å². The number of carbonyl (C=O) groups excluding carboxylic acids is 2. The maximum Gasteiger partial charge on any atom is 0.289 e. The summed E-state index contributed by atoms with van der Waals surface area (Å²) in [6.07, 6.45) is 0.964. The molecule has 1 unspecified atom stereocenters. The van der Waals surface area contributed by atoms with E-state index in [9.17, 15) is 24.2 Å². The number of furan rings is 1. The molecular formula is C21H22FNO5. The molecule has 0 saturated heterocycles. The summed E-state index contributed by atoms with van der Waals surface area (Å²) in [6, 6.07) is 9.07. The number of aliphatic hydroxyl groups excluding tert-OH is 2. The molecule has 1 aliphatic rings. The molecule has 6 nitrogen and oxygen atoms in total. The third-order valence-electron chi connectivity index (χ3n) is 4.63. The molecule has 3 rings (SSSR count). The third-order valence-corrected chi connectivity index (χ3v) is 4.63. The van der Waals surface area contributed by atoms with Crippen molar-refractivity contribution in [1.29, 1.82) is 0 Å². The molecule has 2 aromatic rings. The van der Waals surface area contributed by atoms with Crippen LogP contribution in [-0.4, -0.2) is 46.0 Å². The Morgan fingerprint density at radius 2 is 1.96 bits per heavy atom. The van der Waals surface area contributed by atoms with E-state index in [4.69, 9.17) is 4.42 Å². The van der Waals surface area contributed by atoms with Crippen LogP contribution in [0, 0.1) is 5.82 Å². The number of ketones is 1. The standard InChI is InChI=1S/C21H22FNO5/c1-2-3-15(24)11-23-12-17(20(26)21(23)27)19(25)18-9-8-16(28-18)10-13-4-6-14(22)7-5-13/h4-9,15,24,26H,2-3,10-12H2,1H3. The van der Waals surface area contributed by atoms with Gasteiger partial charge in [-0.25, -0.2) is 4.39 Å². The molecule has 1 atom stereocenters. The van der Waals surface area contributed by atoms with E-state index in [2.05, 4.69) is 0 Å². The molecule has 1 aromatic carbocycles. The lowest BCUT2D eigenvalue weighted by molar-refractivity contribution is -0.129. The van der Waals surface area contributed by atoms with Gasteiger partial charge in [-0.3, -0.25) is 9.59 Å². The molecule has 0 radical (unpaired) electrons. The van der Waals surface area contributed by atoms with Gasteiger partial charge in [0.2, 0.25) is 5.78 Å². The van der Waals surface area contributed by atoms with Gasteiger partial charge in [-0.1, -0.05) is 25.5 Å². The second-order valence-electron chi connectivity index (χ2n) is 6.85. The lowest BCUT2D eigenvalue weighted by atomic mass is 10.1. The molecule has 2 N–H and O–H groups in total. The fourth-order valence-electron chi connectivity index (χ4n) is 3.17. The summed E-state index contributed by atoms with van der Waals surface area (Å²) in [7, 11) is 0. The van der Waals surface area contributed by atoms with Crippen molar-refractivity contribution in [3.05, 3.63) is 70.6 Å². The molecule has 0 bridgehead atoms. The van der Waals surface area contributed by atoms with Crippen LogP contribution in [0.15, 0.2) is 52.1 Å². The first kappa shape index (κ1) is 19.8. The zero-order valence-corrected chi connectivity index (χ0v) is 15.5. The minimum absolute atomic E-state index is 0.0161. The van der Waals surface area contributed by atoms with Crippen LogP contribution in [0.25, 0.3) is 0 Å². The van der Waals surface area contributed by atoms with Gasteiger partial charge in [0.15, 0.2) is 11.5 Å².